The third-order valence-corrected chi connectivity index (χ3v) is 7.40. The van der Waals surface area contributed by atoms with Gasteiger partial charge in [0.2, 0.25) is 5.95 Å². The molecule has 1 unspecified atom stereocenters. The number of fused-ring (bicyclic) bond motifs is 1. The van der Waals surface area contributed by atoms with Crippen LogP contribution in [0.25, 0.3) is 22.2 Å². The summed E-state index contributed by atoms with van der Waals surface area (Å²) in [6, 6.07) is 30.3. The number of nitrogens with zero attached hydrogens (tertiary/aromatic N) is 4. The maximum Gasteiger partial charge on any atom is 0.252 e. The van der Waals surface area contributed by atoms with E-state index in [0.29, 0.717) is 11.6 Å². The third kappa shape index (κ3) is 4.90. The molecular weight excluding hydrogens is 470 g/mol. The predicted octanol–water partition coefficient (Wildman–Crippen LogP) is 6.80. The standard InChI is InChI=1S/C32H31N5O/c1-23(24-10-12-26(13-11-24)25-8-4-2-5-9-25)37-30(38)19-14-27-22-33-32(35-31(27)37)34-28-15-17-29(18-16-28)36-20-6-3-7-21-36/h2,4-5,8-19,22-23H,3,6-7,20-21H2,1H3,(H,33,34,35). The van der Waals surface area contributed by atoms with Crippen molar-refractivity contribution in [3.8, 4) is 11.1 Å². The lowest BCUT2D eigenvalue weighted by atomic mass is 10.0. The van der Waals surface area contributed by atoms with Gasteiger partial charge in [-0.1, -0.05) is 54.6 Å². The van der Waals surface area contributed by atoms with Crippen LogP contribution in [-0.4, -0.2) is 27.6 Å². The van der Waals surface area contributed by atoms with E-state index in [2.05, 4.69) is 75.9 Å². The van der Waals surface area contributed by atoms with Crippen LogP contribution < -0.4 is 15.8 Å². The molecule has 2 aromatic heterocycles. The van der Waals surface area contributed by atoms with Crippen molar-refractivity contribution in [1.29, 1.82) is 0 Å². The number of anilines is 3. The van der Waals surface area contributed by atoms with Gasteiger partial charge in [0.1, 0.15) is 5.65 Å². The van der Waals surface area contributed by atoms with Crippen LogP contribution in [0, 0.1) is 0 Å². The topological polar surface area (TPSA) is 63.1 Å². The van der Waals surface area contributed by atoms with Gasteiger partial charge in [0, 0.05) is 42.1 Å². The number of hydrogen-bond donors (Lipinski definition) is 1. The van der Waals surface area contributed by atoms with Crippen molar-refractivity contribution in [2.24, 2.45) is 0 Å². The van der Waals surface area contributed by atoms with Crippen LogP contribution >= 0.6 is 0 Å². The molecule has 190 valence electrons. The van der Waals surface area contributed by atoms with Crippen LogP contribution in [0.4, 0.5) is 17.3 Å². The third-order valence-electron chi connectivity index (χ3n) is 7.40. The summed E-state index contributed by atoms with van der Waals surface area (Å²) in [5.74, 6) is 0.467. The molecule has 6 rings (SSSR count). The van der Waals surface area contributed by atoms with Crippen molar-refractivity contribution in [1.82, 2.24) is 14.5 Å². The monoisotopic (exact) mass is 501 g/mol. The second-order valence-corrected chi connectivity index (χ2v) is 9.90. The van der Waals surface area contributed by atoms with E-state index < -0.39 is 0 Å². The Kier molecular flexibility index (Phi) is 6.61. The fourth-order valence-corrected chi connectivity index (χ4v) is 5.24. The molecule has 1 atom stereocenters. The Labute approximate surface area is 222 Å². The Morgan fingerprint density at radius 1 is 0.789 bits per heavy atom. The maximum atomic E-state index is 13.1. The Morgan fingerprint density at radius 3 is 2.24 bits per heavy atom. The lowest BCUT2D eigenvalue weighted by Gasteiger charge is -2.28. The van der Waals surface area contributed by atoms with Crippen molar-refractivity contribution < 1.29 is 0 Å². The second-order valence-electron chi connectivity index (χ2n) is 9.90. The minimum absolute atomic E-state index is 0.0901. The number of rotatable bonds is 6. The van der Waals surface area contributed by atoms with Gasteiger partial charge in [0.15, 0.2) is 0 Å². The molecule has 5 aromatic rings. The number of hydrogen-bond acceptors (Lipinski definition) is 5. The summed E-state index contributed by atoms with van der Waals surface area (Å²) in [5.41, 5.74) is 6.04. The van der Waals surface area contributed by atoms with E-state index in [9.17, 15) is 4.79 Å². The highest BCUT2D eigenvalue weighted by atomic mass is 16.1. The minimum Gasteiger partial charge on any atom is -0.372 e. The lowest BCUT2D eigenvalue weighted by Crippen LogP contribution is -2.29. The van der Waals surface area contributed by atoms with Gasteiger partial charge in [-0.05, 0) is 73.2 Å². The summed E-state index contributed by atoms with van der Waals surface area (Å²) in [5, 5.41) is 4.14. The van der Waals surface area contributed by atoms with Gasteiger partial charge in [-0.25, -0.2) is 4.98 Å². The van der Waals surface area contributed by atoms with Gasteiger partial charge >= 0.3 is 0 Å². The first kappa shape index (κ1) is 23.9. The molecule has 0 spiro atoms. The molecule has 0 saturated carbocycles. The molecular formula is C32H31N5O. The molecule has 0 amide bonds. The highest BCUT2D eigenvalue weighted by Gasteiger charge is 2.16. The lowest BCUT2D eigenvalue weighted by molar-refractivity contribution is 0.578. The van der Waals surface area contributed by atoms with Crippen molar-refractivity contribution in [2.75, 3.05) is 23.3 Å². The van der Waals surface area contributed by atoms with Gasteiger partial charge in [0.05, 0.1) is 6.04 Å². The summed E-state index contributed by atoms with van der Waals surface area (Å²) >= 11 is 0. The molecule has 3 aromatic carbocycles. The quantitative estimate of drug-likeness (QED) is 0.277. The van der Waals surface area contributed by atoms with Crippen LogP contribution in [-0.2, 0) is 0 Å². The normalized spacial score (nSPS) is 14.4. The number of piperidine rings is 1. The molecule has 0 bridgehead atoms. The largest absolute Gasteiger partial charge is 0.372 e. The fraction of sp³-hybridized carbons (Fsp3) is 0.219. The second kappa shape index (κ2) is 10.5. The van der Waals surface area contributed by atoms with Gasteiger partial charge < -0.3 is 10.2 Å². The molecule has 1 N–H and O–H groups in total. The van der Waals surface area contributed by atoms with Crippen LogP contribution in [0.1, 0.15) is 37.8 Å². The Hall–Kier alpha value is -4.45. The first-order chi connectivity index (χ1) is 18.7. The summed E-state index contributed by atoms with van der Waals surface area (Å²) in [7, 11) is 0. The Balaban J connectivity index is 1.27. The number of nitrogens with one attached hydrogen (secondary N) is 1. The number of pyridine rings is 1. The Bertz CT molecular complexity index is 1590. The fourth-order valence-electron chi connectivity index (χ4n) is 5.24. The first-order valence-corrected chi connectivity index (χ1v) is 13.3. The van der Waals surface area contributed by atoms with Crippen molar-refractivity contribution in [2.45, 2.75) is 32.2 Å². The maximum absolute atomic E-state index is 13.1. The van der Waals surface area contributed by atoms with E-state index in [-0.39, 0.29) is 11.6 Å². The summed E-state index contributed by atoms with van der Waals surface area (Å²) < 4.78 is 1.75. The molecule has 1 fully saturated rings. The first-order valence-electron chi connectivity index (χ1n) is 13.3. The van der Waals surface area contributed by atoms with Gasteiger partial charge in [-0.15, -0.1) is 0 Å². The molecule has 1 aliphatic rings. The summed E-state index contributed by atoms with van der Waals surface area (Å²) in [6.45, 7) is 4.27. The zero-order valence-corrected chi connectivity index (χ0v) is 21.5. The van der Waals surface area contributed by atoms with Gasteiger partial charge in [-0.3, -0.25) is 9.36 Å². The molecule has 6 heteroatoms. The van der Waals surface area contributed by atoms with E-state index in [0.717, 1.165) is 35.3 Å². The highest BCUT2D eigenvalue weighted by Crippen LogP contribution is 2.26. The van der Waals surface area contributed by atoms with Crippen molar-refractivity contribution >= 4 is 28.4 Å². The van der Waals surface area contributed by atoms with E-state index in [1.807, 2.05) is 25.1 Å². The molecule has 0 radical (unpaired) electrons. The van der Waals surface area contributed by atoms with Crippen molar-refractivity contribution in [3.63, 3.8) is 0 Å². The highest BCUT2D eigenvalue weighted by molar-refractivity contribution is 5.76. The average Bonchev–Trinajstić information content (AvgIpc) is 2.98. The van der Waals surface area contributed by atoms with Crippen LogP contribution in [0.2, 0.25) is 0 Å². The van der Waals surface area contributed by atoms with Crippen LogP contribution in [0.5, 0.6) is 0 Å². The summed E-state index contributed by atoms with van der Waals surface area (Å²) in [4.78, 5) is 24.8. The average molecular weight is 502 g/mol. The van der Waals surface area contributed by atoms with Crippen molar-refractivity contribution in [3.05, 3.63) is 113 Å². The molecule has 1 saturated heterocycles. The number of aromatic nitrogens is 3. The minimum atomic E-state index is -0.192. The van der Waals surface area contributed by atoms with Crippen LogP contribution in [0.15, 0.2) is 102 Å². The van der Waals surface area contributed by atoms with E-state index in [1.165, 1.54) is 30.5 Å². The zero-order chi connectivity index (χ0) is 25.9. The van der Waals surface area contributed by atoms with Crippen LogP contribution in [0.3, 0.4) is 0 Å². The molecule has 38 heavy (non-hydrogen) atoms. The van der Waals surface area contributed by atoms with E-state index >= 15 is 0 Å². The SMILES string of the molecule is CC(c1ccc(-c2ccccc2)cc1)n1c(=O)ccc2cnc(Nc3ccc(N4CCCCC4)cc3)nc21. The van der Waals surface area contributed by atoms with Gasteiger partial charge in [-0.2, -0.15) is 4.98 Å². The Morgan fingerprint density at radius 2 is 1.50 bits per heavy atom. The molecule has 3 heterocycles. The van der Waals surface area contributed by atoms with E-state index in [1.54, 1.807) is 22.9 Å². The zero-order valence-electron chi connectivity index (χ0n) is 21.5. The molecule has 1 aliphatic heterocycles. The predicted molar refractivity (Wildman–Crippen MR) is 155 cm³/mol. The smallest absolute Gasteiger partial charge is 0.252 e. The van der Waals surface area contributed by atoms with Gasteiger partial charge in [0.25, 0.3) is 5.56 Å². The van der Waals surface area contributed by atoms with E-state index in [4.69, 9.17) is 4.98 Å². The molecule has 0 aliphatic carbocycles. The molecule has 6 nitrogen and oxygen atoms in total. The number of benzene rings is 3. The summed E-state index contributed by atoms with van der Waals surface area (Å²) in [6.07, 6.45) is 5.59.